The standard InChI is InChI=1S/C36H43N3O4Si/c1-35(2,3)44(6,7)43-24-23-39-33-21-22-37-25-32(33)38-34(39)26-42-36(27-11-9-8-10-12-27,28-13-17-30(40-4)18-14-28)29-15-19-31(41-5)20-16-29/h8-22,25H,23-24,26H2,1-7H3. The fourth-order valence-corrected chi connectivity index (χ4v) is 6.28. The van der Waals surface area contributed by atoms with Crippen molar-refractivity contribution in [2.45, 2.75) is 57.7 Å². The van der Waals surface area contributed by atoms with E-state index < -0.39 is 13.9 Å². The number of nitrogens with zero attached hydrogens (tertiary/aromatic N) is 3. The quantitative estimate of drug-likeness (QED) is 0.106. The maximum atomic E-state index is 7.18. The summed E-state index contributed by atoms with van der Waals surface area (Å²) in [6, 6.07) is 28.5. The molecule has 2 heterocycles. The number of methoxy groups -OCH3 is 2. The lowest BCUT2D eigenvalue weighted by atomic mass is 9.80. The first-order valence-electron chi connectivity index (χ1n) is 15.0. The van der Waals surface area contributed by atoms with Gasteiger partial charge in [0, 0.05) is 12.7 Å². The van der Waals surface area contributed by atoms with Gasteiger partial charge in [-0.1, -0.05) is 75.4 Å². The molecule has 0 bridgehead atoms. The molecule has 0 fully saturated rings. The molecule has 0 atom stereocenters. The predicted octanol–water partition coefficient (Wildman–Crippen LogP) is 7.98. The van der Waals surface area contributed by atoms with Gasteiger partial charge in [0.05, 0.1) is 32.5 Å². The molecule has 230 valence electrons. The van der Waals surface area contributed by atoms with Gasteiger partial charge in [-0.2, -0.15) is 0 Å². The number of ether oxygens (including phenoxy) is 3. The molecule has 0 radical (unpaired) electrons. The van der Waals surface area contributed by atoms with Crippen LogP contribution in [0.3, 0.4) is 0 Å². The average molecular weight is 610 g/mol. The van der Waals surface area contributed by atoms with E-state index in [4.69, 9.17) is 23.6 Å². The molecule has 3 aromatic carbocycles. The summed E-state index contributed by atoms with van der Waals surface area (Å²) in [6.07, 6.45) is 3.62. The summed E-state index contributed by atoms with van der Waals surface area (Å²) in [5.74, 6) is 2.37. The highest BCUT2D eigenvalue weighted by Crippen LogP contribution is 2.42. The first-order valence-corrected chi connectivity index (χ1v) is 17.9. The zero-order chi connectivity index (χ0) is 31.4. The van der Waals surface area contributed by atoms with Crippen LogP contribution in [-0.2, 0) is 27.9 Å². The Morgan fingerprint density at radius 3 is 1.86 bits per heavy atom. The maximum Gasteiger partial charge on any atom is 0.192 e. The molecule has 0 N–H and O–H groups in total. The van der Waals surface area contributed by atoms with Crippen LogP contribution in [0.15, 0.2) is 97.3 Å². The topological polar surface area (TPSA) is 67.6 Å². The van der Waals surface area contributed by atoms with Crippen LogP contribution in [-0.4, -0.2) is 43.7 Å². The van der Waals surface area contributed by atoms with Crippen molar-refractivity contribution in [1.82, 2.24) is 14.5 Å². The first-order chi connectivity index (χ1) is 21.1. The Hall–Kier alpha value is -3.98. The summed E-state index contributed by atoms with van der Waals surface area (Å²) in [5, 5.41) is 0.131. The van der Waals surface area contributed by atoms with E-state index >= 15 is 0 Å². The zero-order valence-electron chi connectivity index (χ0n) is 26.8. The minimum absolute atomic E-state index is 0.131. The highest BCUT2D eigenvalue weighted by molar-refractivity contribution is 6.74. The fourth-order valence-electron chi connectivity index (χ4n) is 5.25. The summed E-state index contributed by atoms with van der Waals surface area (Å²) in [4.78, 5) is 9.35. The normalized spacial score (nSPS) is 12.4. The van der Waals surface area contributed by atoms with E-state index in [-0.39, 0.29) is 11.6 Å². The van der Waals surface area contributed by atoms with Crippen LogP contribution in [0.4, 0.5) is 0 Å². The molecule has 7 nitrogen and oxygen atoms in total. The molecule has 2 aromatic heterocycles. The van der Waals surface area contributed by atoms with Crippen LogP contribution in [0.2, 0.25) is 18.1 Å². The maximum absolute atomic E-state index is 7.18. The van der Waals surface area contributed by atoms with Gasteiger partial charge in [0.2, 0.25) is 0 Å². The minimum Gasteiger partial charge on any atom is -0.497 e. The van der Waals surface area contributed by atoms with Gasteiger partial charge in [-0.15, -0.1) is 0 Å². The summed E-state index contributed by atoms with van der Waals surface area (Å²) in [7, 11) is 1.43. The Morgan fingerprint density at radius 1 is 0.750 bits per heavy atom. The van der Waals surface area contributed by atoms with Gasteiger partial charge in [-0.05, 0) is 65.2 Å². The molecule has 0 saturated carbocycles. The SMILES string of the molecule is COc1ccc(C(OCc2nc3cnccc3n2CCO[Si](C)(C)C(C)(C)C)(c2ccccc2)c2ccc(OC)cc2)cc1. The average Bonchev–Trinajstić information content (AvgIpc) is 3.39. The van der Waals surface area contributed by atoms with Crippen LogP contribution >= 0.6 is 0 Å². The fraction of sp³-hybridized carbons (Fsp3) is 0.333. The van der Waals surface area contributed by atoms with Gasteiger partial charge < -0.3 is 23.2 Å². The van der Waals surface area contributed by atoms with Crippen LogP contribution in [0.25, 0.3) is 11.0 Å². The van der Waals surface area contributed by atoms with Crippen molar-refractivity contribution in [3.8, 4) is 11.5 Å². The molecule has 0 amide bonds. The van der Waals surface area contributed by atoms with Crippen LogP contribution in [0, 0.1) is 0 Å². The molecule has 5 aromatic rings. The van der Waals surface area contributed by atoms with E-state index in [1.54, 1.807) is 20.4 Å². The number of rotatable bonds is 12. The molecule has 0 aliphatic carbocycles. The minimum atomic E-state index is -1.92. The summed E-state index contributed by atoms with van der Waals surface area (Å²) >= 11 is 0. The highest BCUT2D eigenvalue weighted by atomic mass is 28.4. The number of imidazole rings is 1. The lowest BCUT2D eigenvalue weighted by molar-refractivity contribution is -0.00454. The van der Waals surface area contributed by atoms with Crippen LogP contribution in [0.5, 0.6) is 11.5 Å². The third-order valence-electron chi connectivity index (χ3n) is 8.80. The van der Waals surface area contributed by atoms with Crippen molar-refractivity contribution < 1.29 is 18.6 Å². The molecule has 0 unspecified atom stereocenters. The Balaban J connectivity index is 1.58. The van der Waals surface area contributed by atoms with Crippen LogP contribution in [0.1, 0.15) is 43.3 Å². The molecule has 0 aliphatic rings. The second-order valence-corrected chi connectivity index (χ2v) is 17.3. The second-order valence-electron chi connectivity index (χ2n) is 12.4. The molecule has 8 heteroatoms. The van der Waals surface area contributed by atoms with E-state index in [1.807, 2.05) is 54.7 Å². The second kappa shape index (κ2) is 12.9. The lowest BCUT2D eigenvalue weighted by Gasteiger charge is -2.36. The van der Waals surface area contributed by atoms with Gasteiger partial charge >= 0.3 is 0 Å². The van der Waals surface area contributed by atoms with Crippen molar-refractivity contribution in [2.24, 2.45) is 0 Å². The number of benzene rings is 3. The van der Waals surface area contributed by atoms with Gasteiger partial charge in [-0.25, -0.2) is 4.98 Å². The number of pyridine rings is 1. The van der Waals surface area contributed by atoms with Gasteiger partial charge in [0.1, 0.15) is 35.0 Å². The molecular weight excluding hydrogens is 566 g/mol. The monoisotopic (exact) mass is 609 g/mol. The summed E-state index contributed by atoms with van der Waals surface area (Å²) in [6.45, 7) is 12.9. The van der Waals surface area contributed by atoms with Gasteiger partial charge in [0.15, 0.2) is 8.32 Å². The Morgan fingerprint density at radius 2 is 1.32 bits per heavy atom. The predicted molar refractivity (Wildman–Crippen MR) is 178 cm³/mol. The molecule has 0 saturated heterocycles. The Kier molecular flexibility index (Phi) is 9.25. The molecule has 0 aliphatic heterocycles. The van der Waals surface area contributed by atoms with E-state index in [9.17, 15) is 0 Å². The van der Waals surface area contributed by atoms with Crippen molar-refractivity contribution in [3.05, 3.63) is 120 Å². The van der Waals surface area contributed by atoms with Crippen molar-refractivity contribution in [2.75, 3.05) is 20.8 Å². The number of hydrogen-bond acceptors (Lipinski definition) is 6. The third kappa shape index (κ3) is 6.29. The van der Waals surface area contributed by atoms with Crippen molar-refractivity contribution in [1.29, 1.82) is 0 Å². The van der Waals surface area contributed by atoms with Crippen molar-refractivity contribution >= 4 is 19.4 Å². The lowest BCUT2D eigenvalue weighted by Crippen LogP contribution is -2.41. The molecule has 5 rings (SSSR count). The van der Waals surface area contributed by atoms with E-state index in [2.05, 4.69) is 79.8 Å². The smallest absolute Gasteiger partial charge is 0.192 e. The number of fused-ring (bicyclic) bond motifs is 1. The van der Waals surface area contributed by atoms with Crippen LogP contribution < -0.4 is 9.47 Å². The number of aromatic nitrogens is 3. The third-order valence-corrected chi connectivity index (χ3v) is 13.3. The first kappa shape index (κ1) is 31.4. The summed E-state index contributed by atoms with van der Waals surface area (Å²) in [5.41, 5.74) is 3.84. The zero-order valence-corrected chi connectivity index (χ0v) is 27.8. The van der Waals surface area contributed by atoms with E-state index in [0.717, 1.165) is 45.0 Å². The molecule has 44 heavy (non-hydrogen) atoms. The number of hydrogen-bond donors (Lipinski definition) is 0. The largest absolute Gasteiger partial charge is 0.497 e. The van der Waals surface area contributed by atoms with Gasteiger partial charge in [0.25, 0.3) is 0 Å². The Bertz CT molecular complexity index is 1610. The molecule has 0 spiro atoms. The van der Waals surface area contributed by atoms with E-state index in [0.29, 0.717) is 13.2 Å². The van der Waals surface area contributed by atoms with Gasteiger partial charge in [-0.3, -0.25) is 4.98 Å². The Labute approximate surface area is 261 Å². The molecular formula is C36H43N3O4Si. The van der Waals surface area contributed by atoms with Crippen molar-refractivity contribution in [3.63, 3.8) is 0 Å². The highest BCUT2D eigenvalue weighted by Gasteiger charge is 2.39. The van der Waals surface area contributed by atoms with E-state index in [1.165, 1.54) is 0 Å². The summed E-state index contributed by atoms with van der Waals surface area (Å²) < 4.78 is 27.0.